The Morgan fingerprint density at radius 1 is 1.19 bits per heavy atom. The first-order chi connectivity index (χ1) is 12.7. The topological polar surface area (TPSA) is 52.7 Å². The molecule has 3 rings (SSSR count). The predicted octanol–water partition coefficient (Wildman–Crippen LogP) is 2.32. The fraction of sp³-hybridized carbons (Fsp3) is 0.556. The van der Waals surface area contributed by atoms with Gasteiger partial charge in [0.1, 0.15) is 11.9 Å². The summed E-state index contributed by atoms with van der Waals surface area (Å²) in [6, 6.07) is 5.11. The van der Waals surface area contributed by atoms with E-state index in [1.165, 1.54) is 28.0 Å². The van der Waals surface area contributed by atoms with Crippen LogP contribution in [0.4, 0.5) is 23.2 Å². The molecule has 2 heterocycles. The number of halogens is 4. The number of carbonyl (C=O) groups excluding carboxylic acids is 2. The van der Waals surface area contributed by atoms with E-state index in [0.717, 1.165) is 0 Å². The van der Waals surface area contributed by atoms with Crippen LogP contribution in [0.3, 0.4) is 0 Å². The van der Waals surface area contributed by atoms with Crippen LogP contribution < -0.4 is 10.2 Å². The molecular weight excluding hydrogens is 366 g/mol. The molecule has 1 aromatic rings. The molecule has 2 amide bonds. The Balaban J connectivity index is 1.58. The highest BCUT2D eigenvalue weighted by Gasteiger charge is 2.38. The van der Waals surface area contributed by atoms with Crippen molar-refractivity contribution in [2.24, 2.45) is 5.92 Å². The molecule has 0 spiro atoms. The van der Waals surface area contributed by atoms with E-state index in [-0.39, 0.29) is 18.8 Å². The normalized spacial score (nSPS) is 24.3. The van der Waals surface area contributed by atoms with Gasteiger partial charge >= 0.3 is 6.18 Å². The number of rotatable bonds is 4. The minimum absolute atomic E-state index is 0.0171. The molecule has 9 heteroatoms. The van der Waals surface area contributed by atoms with Crippen LogP contribution in [0.15, 0.2) is 24.3 Å². The number of hydrogen-bond donors (Lipinski definition) is 1. The molecule has 2 aliphatic heterocycles. The molecule has 27 heavy (non-hydrogen) atoms. The van der Waals surface area contributed by atoms with Gasteiger partial charge in [-0.15, -0.1) is 0 Å². The number of anilines is 1. The van der Waals surface area contributed by atoms with E-state index >= 15 is 0 Å². The second-order valence-electron chi connectivity index (χ2n) is 6.98. The maximum Gasteiger partial charge on any atom is 0.401 e. The summed E-state index contributed by atoms with van der Waals surface area (Å²) in [5.41, 5.74) is 0.160. The van der Waals surface area contributed by atoms with E-state index in [0.29, 0.717) is 25.8 Å². The van der Waals surface area contributed by atoms with Crippen molar-refractivity contribution in [1.29, 1.82) is 0 Å². The molecule has 1 N–H and O–H groups in total. The fourth-order valence-electron chi connectivity index (χ4n) is 3.68. The van der Waals surface area contributed by atoms with Gasteiger partial charge in [0.2, 0.25) is 11.8 Å². The van der Waals surface area contributed by atoms with Crippen LogP contribution in [-0.4, -0.2) is 55.1 Å². The van der Waals surface area contributed by atoms with Crippen LogP contribution in [0, 0.1) is 11.7 Å². The summed E-state index contributed by atoms with van der Waals surface area (Å²) in [7, 11) is 0. The highest BCUT2D eigenvalue weighted by molar-refractivity contribution is 6.01. The minimum atomic E-state index is -4.31. The standard InChI is InChI=1S/C18H21F4N3O2/c19-13-5-1-2-6-15(13)25-9-7-14(17(25)27)23-16(26)12-4-3-8-24(10-12)11-18(20,21)22/h1-2,5-6,12,14H,3-4,7-11H2,(H,23,26). The molecule has 0 saturated carbocycles. The quantitative estimate of drug-likeness (QED) is 0.807. The summed E-state index contributed by atoms with van der Waals surface area (Å²) in [6.07, 6.45) is -3.00. The molecule has 148 valence electrons. The maximum absolute atomic E-state index is 13.9. The molecule has 5 nitrogen and oxygen atoms in total. The number of para-hydroxylation sites is 1. The summed E-state index contributed by atoms with van der Waals surface area (Å²) < 4.78 is 51.6. The SMILES string of the molecule is O=C(NC1CCN(c2ccccc2F)C1=O)C1CCCN(CC(F)(F)F)C1. The molecule has 2 aliphatic rings. The van der Waals surface area contributed by atoms with Crippen molar-refractivity contribution in [3.05, 3.63) is 30.1 Å². The molecule has 2 fully saturated rings. The Morgan fingerprint density at radius 3 is 2.63 bits per heavy atom. The summed E-state index contributed by atoms with van der Waals surface area (Å²) >= 11 is 0. The number of piperidine rings is 1. The fourth-order valence-corrected chi connectivity index (χ4v) is 3.68. The molecule has 0 radical (unpaired) electrons. The zero-order chi connectivity index (χ0) is 19.6. The Morgan fingerprint density at radius 2 is 1.93 bits per heavy atom. The monoisotopic (exact) mass is 387 g/mol. The van der Waals surface area contributed by atoms with Crippen molar-refractivity contribution in [3.63, 3.8) is 0 Å². The summed E-state index contributed by atoms with van der Waals surface area (Å²) in [5, 5.41) is 2.64. The number of nitrogens with one attached hydrogen (secondary N) is 1. The summed E-state index contributed by atoms with van der Waals surface area (Å²) in [4.78, 5) is 27.5. The van der Waals surface area contributed by atoms with Gasteiger partial charge < -0.3 is 10.2 Å². The van der Waals surface area contributed by atoms with Gasteiger partial charge in [0.15, 0.2) is 0 Å². The van der Waals surface area contributed by atoms with Crippen molar-refractivity contribution in [3.8, 4) is 0 Å². The first kappa shape index (κ1) is 19.6. The van der Waals surface area contributed by atoms with Gasteiger partial charge in [-0.3, -0.25) is 14.5 Å². The van der Waals surface area contributed by atoms with Crippen LogP contribution in [0.1, 0.15) is 19.3 Å². The molecule has 1 aromatic carbocycles. The second-order valence-corrected chi connectivity index (χ2v) is 6.98. The number of likely N-dealkylation sites (tertiary alicyclic amines) is 1. The van der Waals surface area contributed by atoms with Gasteiger partial charge in [0.25, 0.3) is 0 Å². The molecule has 0 aromatic heterocycles. The third-order valence-corrected chi connectivity index (χ3v) is 4.94. The Kier molecular flexibility index (Phi) is 5.69. The smallest absolute Gasteiger partial charge is 0.344 e. The van der Waals surface area contributed by atoms with Crippen molar-refractivity contribution in [2.45, 2.75) is 31.5 Å². The van der Waals surface area contributed by atoms with Crippen molar-refractivity contribution >= 4 is 17.5 Å². The Hall–Kier alpha value is -2.16. The van der Waals surface area contributed by atoms with E-state index in [9.17, 15) is 27.2 Å². The minimum Gasteiger partial charge on any atom is -0.344 e. The van der Waals surface area contributed by atoms with Crippen molar-refractivity contribution in [2.75, 3.05) is 31.1 Å². The average Bonchev–Trinajstić information content (AvgIpc) is 2.95. The van der Waals surface area contributed by atoms with Gasteiger partial charge in [-0.05, 0) is 37.9 Å². The molecule has 2 unspecified atom stereocenters. The molecule has 2 saturated heterocycles. The second kappa shape index (κ2) is 7.84. The summed E-state index contributed by atoms with van der Waals surface area (Å²) in [6.45, 7) is -0.453. The average molecular weight is 387 g/mol. The van der Waals surface area contributed by atoms with Gasteiger partial charge in [-0.25, -0.2) is 4.39 Å². The van der Waals surface area contributed by atoms with Crippen LogP contribution in [0.25, 0.3) is 0 Å². The number of hydrogen-bond acceptors (Lipinski definition) is 3. The van der Waals surface area contributed by atoms with E-state index in [1.807, 2.05) is 0 Å². The third kappa shape index (κ3) is 4.77. The largest absolute Gasteiger partial charge is 0.401 e. The number of alkyl halides is 3. The third-order valence-electron chi connectivity index (χ3n) is 4.94. The zero-order valence-corrected chi connectivity index (χ0v) is 14.6. The van der Waals surface area contributed by atoms with Gasteiger partial charge in [0, 0.05) is 13.1 Å². The van der Waals surface area contributed by atoms with E-state index in [4.69, 9.17) is 0 Å². The lowest BCUT2D eigenvalue weighted by atomic mass is 9.96. The Labute approximate surface area is 154 Å². The molecule has 0 aliphatic carbocycles. The van der Waals surface area contributed by atoms with E-state index in [1.54, 1.807) is 6.07 Å². The Bertz CT molecular complexity index is 710. The number of nitrogens with zero attached hydrogens (tertiary/aromatic N) is 2. The predicted molar refractivity (Wildman–Crippen MR) is 90.5 cm³/mol. The van der Waals surface area contributed by atoms with E-state index in [2.05, 4.69) is 5.32 Å². The van der Waals surface area contributed by atoms with E-state index < -0.39 is 42.3 Å². The van der Waals surface area contributed by atoms with Gasteiger partial charge in [0.05, 0.1) is 18.2 Å². The van der Waals surface area contributed by atoms with Crippen LogP contribution in [0.2, 0.25) is 0 Å². The lowest BCUT2D eigenvalue weighted by molar-refractivity contribution is -0.152. The lowest BCUT2D eigenvalue weighted by Crippen LogP contribution is -2.49. The molecule has 0 bridgehead atoms. The zero-order valence-electron chi connectivity index (χ0n) is 14.6. The highest BCUT2D eigenvalue weighted by atomic mass is 19.4. The first-order valence-corrected chi connectivity index (χ1v) is 8.90. The van der Waals surface area contributed by atoms with Crippen LogP contribution in [-0.2, 0) is 9.59 Å². The lowest BCUT2D eigenvalue weighted by Gasteiger charge is -2.32. The number of benzene rings is 1. The number of carbonyl (C=O) groups is 2. The summed E-state index contributed by atoms with van der Waals surface area (Å²) in [5.74, 6) is -1.93. The van der Waals surface area contributed by atoms with Crippen molar-refractivity contribution < 1.29 is 27.2 Å². The first-order valence-electron chi connectivity index (χ1n) is 8.90. The van der Waals surface area contributed by atoms with Crippen LogP contribution in [0.5, 0.6) is 0 Å². The molecule has 2 atom stereocenters. The number of amides is 2. The van der Waals surface area contributed by atoms with Crippen LogP contribution >= 0.6 is 0 Å². The van der Waals surface area contributed by atoms with Crippen molar-refractivity contribution in [1.82, 2.24) is 10.2 Å². The van der Waals surface area contributed by atoms with Gasteiger partial charge in [-0.1, -0.05) is 12.1 Å². The highest BCUT2D eigenvalue weighted by Crippen LogP contribution is 2.26. The van der Waals surface area contributed by atoms with Gasteiger partial charge in [-0.2, -0.15) is 13.2 Å². The molecular formula is C18H21F4N3O2. The maximum atomic E-state index is 13.9.